The van der Waals surface area contributed by atoms with Gasteiger partial charge in [0.15, 0.2) is 10.8 Å². The third kappa shape index (κ3) is 3.85. The zero-order chi connectivity index (χ0) is 21.3. The van der Waals surface area contributed by atoms with Crippen molar-refractivity contribution >= 4 is 34.2 Å². The minimum atomic E-state index is -0.328. The summed E-state index contributed by atoms with van der Waals surface area (Å²) in [4.78, 5) is 12.8. The number of hydrogen-bond donors (Lipinski definition) is 1. The molecule has 0 radical (unpaired) electrons. The number of fused-ring (bicyclic) bond motifs is 3. The number of nitrogens with one attached hydrogen (secondary N) is 1. The Bertz CT molecular complexity index is 1210. The lowest BCUT2D eigenvalue weighted by Crippen LogP contribution is -2.33. The van der Waals surface area contributed by atoms with Crippen molar-refractivity contribution in [2.75, 3.05) is 7.11 Å². The maximum atomic E-state index is 12.8. The molecule has 0 spiro atoms. The molecule has 0 aliphatic carbocycles. The number of aryl methyl sites for hydroxylation is 1. The predicted molar refractivity (Wildman–Crippen MR) is 120 cm³/mol. The fourth-order valence-electron chi connectivity index (χ4n) is 3.47. The van der Waals surface area contributed by atoms with Crippen molar-refractivity contribution in [3.8, 4) is 5.75 Å². The normalized spacial score (nSPS) is 13.3. The Morgan fingerprint density at radius 2 is 1.87 bits per heavy atom. The van der Waals surface area contributed by atoms with E-state index >= 15 is 0 Å². The fraction of sp³-hybridized carbons (Fsp3) is 0.261. The molecule has 1 N–H and O–H groups in total. The summed E-state index contributed by atoms with van der Waals surface area (Å²) in [7, 11) is 1.65. The molecule has 4 aromatic rings. The van der Waals surface area contributed by atoms with Crippen LogP contribution < -0.4 is 10.1 Å². The number of nitrogens with zero attached hydrogens (tertiary/aromatic N) is 3. The van der Waals surface area contributed by atoms with Gasteiger partial charge >= 0.3 is 0 Å². The second-order valence-corrected chi connectivity index (χ2v) is 8.60. The first-order valence-corrected chi connectivity index (χ1v) is 10.7. The molecule has 2 aromatic carbocycles. The molecular weight excluding hydrogens is 396 g/mol. The van der Waals surface area contributed by atoms with Gasteiger partial charge in [-0.15, -0.1) is 10.2 Å². The van der Waals surface area contributed by atoms with Gasteiger partial charge in [0, 0.05) is 11.5 Å². The van der Waals surface area contributed by atoms with Gasteiger partial charge in [0.05, 0.1) is 23.9 Å². The fourth-order valence-corrected chi connectivity index (χ4v) is 4.35. The summed E-state index contributed by atoms with van der Waals surface area (Å²) in [6.45, 7) is 5.92. The summed E-state index contributed by atoms with van der Waals surface area (Å²) in [6.07, 6.45) is 0. The number of ether oxygens (including phenoxy) is 1. The lowest BCUT2D eigenvalue weighted by atomic mass is 10.1. The summed E-state index contributed by atoms with van der Waals surface area (Å²) in [5.74, 6) is 0.726. The smallest absolute Gasteiger partial charge is 0.233 e. The summed E-state index contributed by atoms with van der Waals surface area (Å²) in [5.41, 5.74) is 3.90. The van der Waals surface area contributed by atoms with Crippen molar-refractivity contribution in [3.05, 3.63) is 65.7 Å². The highest BCUT2D eigenvalue weighted by atomic mass is 32.2. The van der Waals surface area contributed by atoms with Crippen molar-refractivity contribution < 1.29 is 9.53 Å². The van der Waals surface area contributed by atoms with E-state index in [0.717, 1.165) is 33.4 Å². The molecule has 154 valence electrons. The Balaban J connectivity index is 1.62. The highest BCUT2D eigenvalue weighted by Gasteiger charge is 2.21. The number of benzene rings is 2. The van der Waals surface area contributed by atoms with Gasteiger partial charge in [0.1, 0.15) is 5.75 Å². The molecule has 0 saturated heterocycles. The van der Waals surface area contributed by atoms with Crippen molar-refractivity contribution in [3.63, 3.8) is 0 Å². The Morgan fingerprint density at radius 3 is 2.60 bits per heavy atom. The predicted octanol–water partition coefficient (Wildman–Crippen LogP) is 4.56. The third-order valence-corrected chi connectivity index (χ3v) is 6.23. The lowest BCUT2D eigenvalue weighted by molar-refractivity contribution is -0.120. The van der Waals surface area contributed by atoms with Gasteiger partial charge in [-0.1, -0.05) is 42.1 Å². The molecule has 0 fully saturated rings. The van der Waals surface area contributed by atoms with Crippen LogP contribution in [0.4, 0.5) is 0 Å². The van der Waals surface area contributed by atoms with Crippen LogP contribution in [0.15, 0.2) is 59.8 Å². The van der Waals surface area contributed by atoms with Gasteiger partial charge in [0.25, 0.3) is 0 Å². The van der Waals surface area contributed by atoms with E-state index in [1.165, 1.54) is 11.8 Å². The van der Waals surface area contributed by atoms with E-state index < -0.39 is 0 Å². The number of rotatable bonds is 6. The molecule has 6 nitrogen and oxygen atoms in total. The average molecular weight is 421 g/mol. The molecule has 0 bridgehead atoms. The maximum Gasteiger partial charge on any atom is 0.233 e. The Labute approximate surface area is 179 Å². The van der Waals surface area contributed by atoms with Gasteiger partial charge in [-0.05, 0) is 50.1 Å². The van der Waals surface area contributed by atoms with Gasteiger partial charge in [0.2, 0.25) is 5.91 Å². The monoisotopic (exact) mass is 420 g/mol. The van der Waals surface area contributed by atoms with Crippen molar-refractivity contribution in [1.82, 2.24) is 19.9 Å². The van der Waals surface area contributed by atoms with Crippen LogP contribution in [0.5, 0.6) is 5.75 Å². The molecule has 2 atom stereocenters. The summed E-state index contributed by atoms with van der Waals surface area (Å²) >= 11 is 1.40. The van der Waals surface area contributed by atoms with Crippen LogP contribution in [0, 0.1) is 6.92 Å². The largest absolute Gasteiger partial charge is 0.497 e. The Morgan fingerprint density at radius 1 is 1.10 bits per heavy atom. The molecular formula is C23H24N4O2S. The topological polar surface area (TPSA) is 68.5 Å². The number of methoxy groups -OCH3 is 1. The quantitative estimate of drug-likeness (QED) is 0.463. The van der Waals surface area contributed by atoms with E-state index in [0.29, 0.717) is 5.16 Å². The van der Waals surface area contributed by atoms with Crippen molar-refractivity contribution in [2.24, 2.45) is 0 Å². The van der Waals surface area contributed by atoms with Crippen molar-refractivity contribution in [2.45, 2.75) is 37.2 Å². The van der Waals surface area contributed by atoms with Crippen LogP contribution in [-0.2, 0) is 4.79 Å². The molecule has 2 heterocycles. The number of pyridine rings is 1. The van der Waals surface area contributed by atoms with E-state index in [1.807, 2.05) is 72.8 Å². The summed E-state index contributed by atoms with van der Waals surface area (Å²) < 4.78 is 7.39. The number of aromatic nitrogens is 3. The molecule has 0 aliphatic heterocycles. The van der Waals surface area contributed by atoms with Gasteiger partial charge < -0.3 is 10.1 Å². The highest BCUT2D eigenvalue weighted by Crippen LogP contribution is 2.30. The summed E-state index contributed by atoms with van der Waals surface area (Å²) in [5, 5.41) is 13.2. The second-order valence-electron chi connectivity index (χ2n) is 7.29. The maximum absolute atomic E-state index is 12.8. The third-order valence-electron chi connectivity index (χ3n) is 5.18. The minimum absolute atomic E-state index is 0.0397. The van der Waals surface area contributed by atoms with Gasteiger partial charge in [-0.3, -0.25) is 9.20 Å². The van der Waals surface area contributed by atoms with Gasteiger partial charge in [-0.2, -0.15) is 0 Å². The zero-order valence-corrected chi connectivity index (χ0v) is 18.2. The number of thioether (sulfide) groups is 1. The van der Waals surface area contributed by atoms with E-state index in [4.69, 9.17) is 4.74 Å². The second kappa shape index (κ2) is 8.36. The number of hydrogen-bond acceptors (Lipinski definition) is 5. The SMILES string of the molecule is COc1ccc2c(C)cc3nnc(SC(C)C(=O)NC(C)c4ccccc4)n3c2c1. The molecule has 0 aliphatic rings. The Hall–Kier alpha value is -3.06. The number of carbonyl (C=O) groups is 1. The zero-order valence-electron chi connectivity index (χ0n) is 17.4. The van der Waals surface area contributed by atoms with Crippen LogP contribution in [0.1, 0.15) is 31.0 Å². The summed E-state index contributed by atoms with van der Waals surface area (Å²) in [6, 6.07) is 17.8. The first kappa shape index (κ1) is 20.2. The van der Waals surface area contributed by atoms with E-state index in [-0.39, 0.29) is 17.2 Å². The van der Waals surface area contributed by atoms with Crippen LogP contribution >= 0.6 is 11.8 Å². The Kier molecular flexibility index (Phi) is 5.63. The van der Waals surface area contributed by atoms with E-state index in [1.54, 1.807) is 7.11 Å². The lowest BCUT2D eigenvalue weighted by Gasteiger charge is -2.17. The van der Waals surface area contributed by atoms with E-state index in [9.17, 15) is 4.79 Å². The molecule has 2 unspecified atom stereocenters. The average Bonchev–Trinajstić information content (AvgIpc) is 3.16. The molecule has 7 heteroatoms. The highest BCUT2D eigenvalue weighted by molar-refractivity contribution is 8.00. The molecule has 4 rings (SSSR count). The standard InChI is InChI=1S/C23H24N4O2S/c1-14-12-21-25-26-23(27(21)20-13-18(29-4)10-11-19(14)20)30-16(3)22(28)24-15(2)17-8-6-5-7-9-17/h5-13,15-16H,1-4H3,(H,24,28). The van der Waals surface area contributed by atoms with Crippen molar-refractivity contribution in [1.29, 1.82) is 0 Å². The molecule has 30 heavy (non-hydrogen) atoms. The van der Waals surface area contributed by atoms with Crippen LogP contribution in [-0.4, -0.2) is 32.9 Å². The first-order chi connectivity index (χ1) is 14.5. The number of carbonyl (C=O) groups excluding carboxylic acids is 1. The van der Waals surface area contributed by atoms with Crippen LogP contribution in [0.25, 0.3) is 16.6 Å². The minimum Gasteiger partial charge on any atom is -0.497 e. The van der Waals surface area contributed by atoms with Crippen LogP contribution in [0.2, 0.25) is 0 Å². The number of amides is 1. The molecule has 1 amide bonds. The van der Waals surface area contributed by atoms with Crippen LogP contribution in [0.3, 0.4) is 0 Å². The molecule has 2 aromatic heterocycles. The first-order valence-electron chi connectivity index (χ1n) is 9.82. The van der Waals surface area contributed by atoms with Gasteiger partial charge in [-0.25, -0.2) is 0 Å². The van der Waals surface area contributed by atoms with E-state index in [2.05, 4.69) is 22.4 Å². The molecule has 0 saturated carbocycles.